The van der Waals surface area contributed by atoms with E-state index in [9.17, 15) is 27.6 Å². The molecule has 1 aromatic carbocycles. The summed E-state index contributed by atoms with van der Waals surface area (Å²) in [6.45, 7) is -1.19. The molecule has 6 nitrogen and oxygen atoms in total. The molecule has 0 bridgehead atoms. The van der Waals surface area contributed by atoms with Gasteiger partial charge in [-0.05, 0) is 18.2 Å². The van der Waals surface area contributed by atoms with Gasteiger partial charge in [0.15, 0.2) is 24.1 Å². The van der Waals surface area contributed by atoms with E-state index in [4.69, 9.17) is 0 Å². The zero-order valence-corrected chi connectivity index (χ0v) is 12.1. The molecule has 1 amide bonds. The summed E-state index contributed by atoms with van der Waals surface area (Å²) in [7, 11) is 0. The van der Waals surface area contributed by atoms with E-state index in [-0.39, 0.29) is 0 Å². The maximum absolute atomic E-state index is 13.4. The number of amides is 1. The van der Waals surface area contributed by atoms with Gasteiger partial charge in [0.25, 0.3) is 11.5 Å². The predicted octanol–water partition coefficient (Wildman–Crippen LogP) is 1.45. The van der Waals surface area contributed by atoms with Gasteiger partial charge in [0.2, 0.25) is 0 Å². The van der Waals surface area contributed by atoms with E-state index in [0.29, 0.717) is 6.07 Å². The summed E-state index contributed by atoms with van der Waals surface area (Å²) in [5, 5.41) is 1.94. The van der Waals surface area contributed by atoms with Crippen molar-refractivity contribution in [3.8, 4) is 0 Å². The van der Waals surface area contributed by atoms with Crippen LogP contribution in [0.1, 0.15) is 0 Å². The van der Waals surface area contributed by atoms with E-state index in [2.05, 4.69) is 4.74 Å². The molecule has 0 fully saturated rings. The Hall–Kier alpha value is -3.10. The van der Waals surface area contributed by atoms with Gasteiger partial charge >= 0.3 is 5.97 Å². The molecule has 0 saturated heterocycles. The molecular weight excluding hydrogens is 329 g/mol. The van der Waals surface area contributed by atoms with Crippen LogP contribution in [0.5, 0.6) is 0 Å². The normalized spacial score (nSPS) is 10.3. The van der Waals surface area contributed by atoms with E-state index in [1.807, 2.05) is 5.32 Å². The Balaban J connectivity index is 1.89. The first-order chi connectivity index (χ1) is 11.4. The second kappa shape index (κ2) is 7.44. The molecule has 0 radical (unpaired) electrons. The number of hydrogen-bond acceptors (Lipinski definition) is 4. The molecule has 0 unspecified atom stereocenters. The summed E-state index contributed by atoms with van der Waals surface area (Å²) in [6.07, 6.45) is 1.36. The maximum atomic E-state index is 13.4. The Morgan fingerprint density at radius 2 is 1.83 bits per heavy atom. The maximum Gasteiger partial charge on any atom is 0.326 e. The number of anilines is 1. The van der Waals surface area contributed by atoms with Gasteiger partial charge in [0.05, 0.1) is 5.69 Å². The Labute approximate surface area is 133 Å². The van der Waals surface area contributed by atoms with Crippen molar-refractivity contribution >= 4 is 17.6 Å². The Morgan fingerprint density at radius 1 is 1.08 bits per heavy atom. The molecule has 0 spiro atoms. The van der Waals surface area contributed by atoms with Crippen LogP contribution in [0.4, 0.5) is 18.9 Å². The fourth-order valence-electron chi connectivity index (χ4n) is 1.73. The number of aromatic nitrogens is 1. The summed E-state index contributed by atoms with van der Waals surface area (Å²) >= 11 is 0. The minimum absolute atomic E-state index is 0.410. The summed E-state index contributed by atoms with van der Waals surface area (Å²) in [5.74, 6) is -6.51. The predicted molar refractivity (Wildman–Crippen MR) is 76.6 cm³/mol. The van der Waals surface area contributed by atoms with Crippen LogP contribution < -0.4 is 10.9 Å². The lowest BCUT2D eigenvalue weighted by atomic mass is 10.3. The van der Waals surface area contributed by atoms with Crippen LogP contribution in [0, 0.1) is 17.5 Å². The third kappa shape index (κ3) is 4.22. The molecule has 2 aromatic rings. The molecule has 126 valence electrons. The van der Waals surface area contributed by atoms with Crippen LogP contribution in [0.2, 0.25) is 0 Å². The van der Waals surface area contributed by atoms with Gasteiger partial charge in [-0.15, -0.1) is 0 Å². The van der Waals surface area contributed by atoms with Crippen molar-refractivity contribution in [2.75, 3.05) is 11.9 Å². The number of hydrogen-bond donors (Lipinski definition) is 1. The van der Waals surface area contributed by atoms with Crippen molar-refractivity contribution in [3.05, 3.63) is 64.3 Å². The van der Waals surface area contributed by atoms with Crippen LogP contribution in [0.15, 0.2) is 41.3 Å². The highest BCUT2D eigenvalue weighted by molar-refractivity contribution is 5.92. The zero-order valence-electron chi connectivity index (χ0n) is 12.1. The van der Waals surface area contributed by atoms with Crippen LogP contribution in [0.25, 0.3) is 0 Å². The molecule has 0 aliphatic carbocycles. The van der Waals surface area contributed by atoms with Crippen LogP contribution in [-0.2, 0) is 20.9 Å². The molecule has 1 N–H and O–H groups in total. The number of nitrogens with one attached hydrogen (secondary N) is 1. The zero-order chi connectivity index (χ0) is 17.7. The summed E-state index contributed by atoms with van der Waals surface area (Å²) < 4.78 is 44.9. The first kappa shape index (κ1) is 17.3. The molecule has 24 heavy (non-hydrogen) atoms. The third-order valence-electron chi connectivity index (χ3n) is 2.87. The van der Waals surface area contributed by atoms with Crippen molar-refractivity contribution in [2.45, 2.75) is 6.54 Å². The molecule has 9 heteroatoms. The molecule has 0 aliphatic rings. The number of benzene rings is 1. The first-order valence-electron chi connectivity index (χ1n) is 6.63. The second-order valence-corrected chi connectivity index (χ2v) is 4.60. The van der Waals surface area contributed by atoms with Crippen molar-refractivity contribution in [3.63, 3.8) is 0 Å². The molecule has 2 rings (SSSR count). The summed E-state index contributed by atoms with van der Waals surface area (Å²) in [5.41, 5.74) is -1.02. The average Bonchev–Trinajstić information content (AvgIpc) is 2.56. The first-order valence-corrected chi connectivity index (χ1v) is 6.63. The minimum atomic E-state index is -1.73. The molecule has 1 aromatic heterocycles. The summed E-state index contributed by atoms with van der Waals surface area (Å²) in [6, 6.07) is 5.74. The van der Waals surface area contributed by atoms with Crippen molar-refractivity contribution in [1.29, 1.82) is 0 Å². The largest absolute Gasteiger partial charge is 0.454 e. The van der Waals surface area contributed by atoms with Crippen molar-refractivity contribution < 1.29 is 27.5 Å². The number of ether oxygens (including phenoxy) is 1. The van der Waals surface area contributed by atoms with Gasteiger partial charge in [0, 0.05) is 12.3 Å². The van der Waals surface area contributed by atoms with E-state index >= 15 is 0 Å². The lowest BCUT2D eigenvalue weighted by Gasteiger charge is -2.09. The Morgan fingerprint density at radius 3 is 2.54 bits per heavy atom. The highest BCUT2D eigenvalue weighted by Crippen LogP contribution is 2.19. The van der Waals surface area contributed by atoms with Gasteiger partial charge in [-0.2, -0.15) is 0 Å². The van der Waals surface area contributed by atoms with Gasteiger partial charge in [-0.1, -0.05) is 6.07 Å². The standard InChI is InChI=1S/C15H11F3N2O4/c16-9-4-5-10(15(18)14(9)17)19-11(21)8-24-13(23)7-20-6-2-1-3-12(20)22/h1-6H,7-8H2,(H,19,21). The van der Waals surface area contributed by atoms with Crippen LogP contribution >= 0.6 is 0 Å². The van der Waals surface area contributed by atoms with Gasteiger partial charge in [-0.3, -0.25) is 14.4 Å². The fraction of sp³-hybridized carbons (Fsp3) is 0.133. The lowest BCUT2D eigenvalue weighted by Crippen LogP contribution is -2.27. The number of pyridine rings is 1. The van der Waals surface area contributed by atoms with E-state index in [1.54, 1.807) is 0 Å². The van der Waals surface area contributed by atoms with E-state index < -0.39 is 53.7 Å². The summed E-state index contributed by atoms with van der Waals surface area (Å²) in [4.78, 5) is 34.5. The number of rotatable bonds is 5. The SMILES string of the molecule is O=C(COC(=O)Cn1ccccc1=O)Nc1ccc(F)c(F)c1F. The van der Waals surface area contributed by atoms with Crippen molar-refractivity contribution in [2.24, 2.45) is 0 Å². The second-order valence-electron chi connectivity index (χ2n) is 4.60. The Kier molecular flexibility index (Phi) is 5.35. The quantitative estimate of drug-likeness (QED) is 0.660. The van der Waals surface area contributed by atoms with Gasteiger partial charge < -0.3 is 14.6 Å². The monoisotopic (exact) mass is 340 g/mol. The number of carbonyl (C=O) groups excluding carboxylic acids is 2. The average molecular weight is 340 g/mol. The number of esters is 1. The molecule has 1 heterocycles. The van der Waals surface area contributed by atoms with Crippen LogP contribution in [-0.4, -0.2) is 23.1 Å². The van der Waals surface area contributed by atoms with Gasteiger partial charge in [-0.25, -0.2) is 13.2 Å². The molecule has 0 saturated carbocycles. The Bertz CT molecular complexity index is 836. The van der Waals surface area contributed by atoms with E-state index in [0.717, 1.165) is 10.6 Å². The van der Waals surface area contributed by atoms with Gasteiger partial charge in [0.1, 0.15) is 6.54 Å². The number of halogens is 3. The third-order valence-corrected chi connectivity index (χ3v) is 2.87. The molecule has 0 aliphatic heterocycles. The lowest BCUT2D eigenvalue weighted by molar-refractivity contribution is -0.147. The highest BCUT2D eigenvalue weighted by Gasteiger charge is 2.16. The molecular formula is C15H11F3N2O4. The highest BCUT2D eigenvalue weighted by atomic mass is 19.2. The molecule has 0 atom stereocenters. The smallest absolute Gasteiger partial charge is 0.326 e. The van der Waals surface area contributed by atoms with Crippen molar-refractivity contribution in [1.82, 2.24) is 4.57 Å². The topological polar surface area (TPSA) is 77.4 Å². The number of carbonyl (C=O) groups is 2. The minimum Gasteiger partial charge on any atom is -0.454 e. The fourth-order valence-corrected chi connectivity index (χ4v) is 1.73. The number of nitrogens with zero attached hydrogens (tertiary/aromatic N) is 1. The van der Waals surface area contributed by atoms with Crippen LogP contribution in [0.3, 0.4) is 0 Å². The van der Waals surface area contributed by atoms with E-state index in [1.165, 1.54) is 24.4 Å².